The second kappa shape index (κ2) is 6.08. The van der Waals surface area contributed by atoms with Gasteiger partial charge in [-0.05, 0) is 47.8 Å². The van der Waals surface area contributed by atoms with Crippen molar-refractivity contribution in [2.24, 2.45) is 0 Å². The van der Waals surface area contributed by atoms with Crippen LogP contribution in [0, 0.1) is 0 Å². The summed E-state index contributed by atoms with van der Waals surface area (Å²) in [6.45, 7) is 8.08. The molecule has 0 aromatic heterocycles. The van der Waals surface area contributed by atoms with E-state index in [4.69, 9.17) is 5.11 Å². The zero-order valence-electron chi connectivity index (χ0n) is 10.6. The van der Waals surface area contributed by atoms with Gasteiger partial charge >= 0.3 is 5.97 Å². The van der Waals surface area contributed by atoms with Crippen molar-refractivity contribution >= 4 is 5.97 Å². The van der Waals surface area contributed by atoms with Crippen molar-refractivity contribution in [3.05, 3.63) is 0 Å². The Hall–Kier alpha value is -0.610. The quantitative estimate of drug-likeness (QED) is 0.722. The van der Waals surface area contributed by atoms with Crippen molar-refractivity contribution in [3.63, 3.8) is 0 Å². The largest absolute Gasteiger partial charge is 0.480 e. The van der Waals surface area contributed by atoms with Gasteiger partial charge in [0.1, 0.15) is 0 Å². The predicted molar refractivity (Wildman–Crippen MR) is 62.1 cm³/mol. The highest BCUT2D eigenvalue weighted by Crippen LogP contribution is 2.13. The van der Waals surface area contributed by atoms with Gasteiger partial charge in [-0.1, -0.05) is 0 Å². The van der Waals surface area contributed by atoms with E-state index < -0.39 is 5.97 Å². The first-order chi connectivity index (χ1) is 6.73. The number of aliphatic carboxylic acids is 1. The van der Waals surface area contributed by atoms with Crippen LogP contribution in [0.4, 0.5) is 0 Å². The molecule has 0 radical (unpaired) electrons. The molecule has 0 amide bonds. The highest BCUT2D eigenvalue weighted by molar-refractivity contribution is 5.69. The Labute approximate surface area is 92.9 Å². The van der Waals surface area contributed by atoms with Gasteiger partial charge in [-0.2, -0.15) is 0 Å². The Morgan fingerprint density at radius 1 is 1.20 bits per heavy atom. The Bertz CT molecular complexity index is 197. The summed E-state index contributed by atoms with van der Waals surface area (Å²) < 4.78 is 0. The van der Waals surface area contributed by atoms with Crippen LogP contribution in [0.25, 0.3) is 0 Å². The predicted octanol–water partition coefficient (Wildman–Crippen LogP) is 1.12. The van der Waals surface area contributed by atoms with Crippen molar-refractivity contribution in [1.82, 2.24) is 9.80 Å². The SMILES string of the molecule is CN(C)CCCN(CC(=O)O)C(C)(C)C. The van der Waals surface area contributed by atoms with Crippen LogP contribution in [0.1, 0.15) is 27.2 Å². The molecule has 0 aliphatic carbocycles. The molecule has 0 rings (SSSR count). The van der Waals surface area contributed by atoms with Gasteiger partial charge in [0, 0.05) is 12.1 Å². The first-order valence-electron chi connectivity index (χ1n) is 5.35. The monoisotopic (exact) mass is 216 g/mol. The summed E-state index contributed by atoms with van der Waals surface area (Å²) >= 11 is 0. The van der Waals surface area contributed by atoms with Crippen LogP contribution in [0.5, 0.6) is 0 Å². The molecule has 0 saturated carbocycles. The van der Waals surface area contributed by atoms with Gasteiger partial charge in [-0.3, -0.25) is 9.69 Å². The molecule has 0 fully saturated rings. The van der Waals surface area contributed by atoms with E-state index in [1.54, 1.807) is 0 Å². The van der Waals surface area contributed by atoms with Gasteiger partial charge in [0.15, 0.2) is 0 Å². The summed E-state index contributed by atoms with van der Waals surface area (Å²) in [7, 11) is 4.05. The van der Waals surface area contributed by atoms with Crippen LogP contribution in [-0.4, -0.2) is 60.1 Å². The third-order valence-electron chi connectivity index (χ3n) is 2.31. The van der Waals surface area contributed by atoms with Gasteiger partial charge < -0.3 is 10.0 Å². The van der Waals surface area contributed by atoms with Crippen LogP contribution in [0.2, 0.25) is 0 Å². The van der Waals surface area contributed by atoms with E-state index in [1.165, 1.54) is 0 Å². The lowest BCUT2D eigenvalue weighted by molar-refractivity contribution is -0.139. The lowest BCUT2D eigenvalue weighted by Crippen LogP contribution is -2.45. The molecule has 0 saturated heterocycles. The second-order valence-corrected chi connectivity index (χ2v) is 5.14. The van der Waals surface area contributed by atoms with Crippen molar-refractivity contribution in [2.45, 2.75) is 32.7 Å². The van der Waals surface area contributed by atoms with E-state index in [0.717, 1.165) is 19.5 Å². The Morgan fingerprint density at radius 2 is 1.73 bits per heavy atom. The fraction of sp³-hybridized carbons (Fsp3) is 0.909. The zero-order valence-corrected chi connectivity index (χ0v) is 10.6. The molecule has 0 spiro atoms. The molecule has 90 valence electrons. The van der Waals surface area contributed by atoms with E-state index in [-0.39, 0.29) is 12.1 Å². The summed E-state index contributed by atoms with van der Waals surface area (Å²) in [6, 6.07) is 0. The van der Waals surface area contributed by atoms with Crippen molar-refractivity contribution in [2.75, 3.05) is 33.7 Å². The smallest absolute Gasteiger partial charge is 0.317 e. The van der Waals surface area contributed by atoms with Gasteiger partial charge in [0.25, 0.3) is 0 Å². The number of rotatable bonds is 6. The number of carbonyl (C=O) groups is 1. The van der Waals surface area contributed by atoms with Crippen molar-refractivity contribution in [1.29, 1.82) is 0 Å². The van der Waals surface area contributed by atoms with Crippen LogP contribution < -0.4 is 0 Å². The highest BCUT2D eigenvalue weighted by atomic mass is 16.4. The van der Waals surface area contributed by atoms with Crippen LogP contribution in [0.3, 0.4) is 0 Å². The van der Waals surface area contributed by atoms with Crippen LogP contribution in [-0.2, 0) is 4.79 Å². The van der Waals surface area contributed by atoms with E-state index in [0.29, 0.717) is 0 Å². The molecule has 1 N–H and O–H groups in total. The average molecular weight is 216 g/mol. The number of nitrogens with zero attached hydrogens (tertiary/aromatic N) is 2. The molecule has 0 unspecified atom stereocenters. The minimum absolute atomic E-state index is 0.0787. The van der Waals surface area contributed by atoms with Gasteiger partial charge in [-0.15, -0.1) is 0 Å². The molecule has 0 aromatic carbocycles. The molecule has 0 heterocycles. The summed E-state index contributed by atoms with van der Waals surface area (Å²) in [5, 5.41) is 8.80. The molecule has 0 bridgehead atoms. The molecule has 15 heavy (non-hydrogen) atoms. The highest BCUT2D eigenvalue weighted by Gasteiger charge is 2.22. The second-order valence-electron chi connectivity index (χ2n) is 5.14. The van der Waals surface area contributed by atoms with Crippen molar-refractivity contribution < 1.29 is 9.90 Å². The Morgan fingerprint density at radius 3 is 2.07 bits per heavy atom. The van der Waals surface area contributed by atoms with Crippen LogP contribution in [0.15, 0.2) is 0 Å². The third-order valence-corrected chi connectivity index (χ3v) is 2.31. The topological polar surface area (TPSA) is 43.8 Å². The summed E-state index contributed by atoms with van der Waals surface area (Å²) in [5.74, 6) is -0.755. The number of carboxylic acids is 1. The van der Waals surface area contributed by atoms with Crippen LogP contribution >= 0.6 is 0 Å². The molecule has 0 atom stereocenters. The van der Waals surface area contributed by atoms with E-state index in [1.807, 2.05) is 39.8 Å². The van der Waals surface area contributed by atoms with Gasteiger partial charge in [0.05, 0.1) is 6.54 Å². The average Bonchev–Trinajstić information content (AvgIpc) is 1.99. The first-order valence-corrected chi connectivity index (χ1v) is 5.35. The molecule has 0 aliphatic rings. The maximum Gasteiger partial charge on any atom is 0.317 e. The lowest BCUT2D eigenvalue weighted by Gasteiger charge is -2.34. The molecule has 0 aliphatic heterocycles. The molecular formula is C11H24N2O2. The fourth-order valence-corrected chi connectivity index (χ4v) is 1.39. The number of carboxylic acid groups (broad SMARTS) is 1. The summed E-state index contributed by atoms with van der Waals surface area (Å²) in [4.78, 5) is 14.8. The zero-order chi connectivity index (χ0) is 12.1. The Balaban J connectivity index is 4.09. The minimum atomic E-state index is -0.755. The summed E-state index contributed by atoms with van der Waals surface area (Å²) in [6.07, 6.45) is 0.998. The first kappa shape index (κ1) is 14.4. The fourth-order valence-electron chi connectivity index (χ4n) is 1.39. The van der Waals surface area contributed by atoms with E-state index in [2.05, 4.69) is 4.90 Å². The van der Waals surface area contributed by atoms with Gasteiger partial charge in [-0.25, -0.2) is 0 Å². The molecule has 4 nitrogen and oxygen atoms in total. The van der Waals surface area contributed by atoms with Crippen molar-refractivity contribution in [3.8, 4) is 0 Å². The van der Waals surface area contributed by atoms with E-state index >= 15 is 0 Å². The van der Waals surface area contributed by atoms with E-state index in [9.17, 15) is 4.79 Å². The third kappa shape index (κ3) is 7.33. The molecule has 0 aromatic rings. The Kier molecular flexibility index (Phi) is 5.83. The maximum absolute atomic E-state index is 10.7. The standard InChI is InChI=1S/C11H24N2O2/c1-11(2,3)13(9-10(14)15)8-6-7-12(4)5/h6-9H2,1-5H3,(H,14,15). The van der Waals surface area contributed by atoms with Gasteiger partial charge in [0.2, 0.25) is 0 Å². The number of hydrogen-bond donors (Lipinski definition) is 1. The lowest BCUT2D eigenvalue weighted by atomic mass is 10.1. The molecular weight excluding hydrogens is 192 g/mol. The minimum Gasteiger partial charge on any atom is -0.480 e. The number of hydrogen-bond acceptors (Lipinski definition) is 3. The summed E-state index contributed by atoms with van der Waals surface area (Å²) in [5.41, 5.74) is -0.0787. The maximum atomic E-state index is 10.7. The molecule has 4 heteroatoms. The normalized spacial score (nSPS) is 12.5.